The number of thiazole rings is 1. The van der Waals surface area contributed by atoms with Gasteiger partial charge in [0.15, 0.2) is 3.95 Å². The molecule has 4 rings (SSSR count). The van der Waals surface area contributed by atoms with Crippen LogP contribution in [0.2, 0.25) is 0 Å². The van der Waals surface area contributed by atoms with Gasteiger partial charge in [0.05, 0.1) is 29.8 Å². The van der Waals surface area contributed by atoms with Crippen molar-refractivity contribution in [3.63, 3.8) is 0 Å². The van der Waals surface area contributed by atoms with Crippen LogP contribution >= 0.6 is 39.5 Å². The van der Waals surface area contributed by atoms with E-state index in [4.69, 9.17) is 21.7 Å². The molecule has 0 saturated heterocycles. The minimum Gasteiger partial charge on any atom is -0.494 e. The molecular weight excluding hydrogens is 502 g/mol. The second-order valence-corrected chi connectivity index (χ2v) is 9.03. The van der Waals surface area contributed by atoms with Crippen molar-refractivity contribution in [2.75, 3.05) is 18.5 Å². The highest BCUT2D eigenvalue weighted by atomic mass is 79.9. The number of H-pyrrole nitrogens is 1. The van der Waals surface area contributed by atoms with E-state index in [1.807, 2.05) is 19.9 Å². The lowest BCUT2D eigenvalue weighted by molar-refractivity contribution is 0.103. The Morgan fingerprint density at radius 3 is 2.71 bits per heavy atom. The molecule has 0 radical (unpaired) electrons. The second kappa shape index (κ2) is 8.81. The lowest BCUT2D eigenvalue weighted by Crippen LogP contribution is -2.15. The molecule has 7 nitrogen and oxygen atoms in total. The van der Waals surface area contributed by atoms with Gasteiger partial charge >= 0.3 is 0 Å². The van der Waals surface area contributed by atoms with E-state index >= 15 is 0 Å². The number of hydrogen-bond donors (Lipinski definition) is 2. The summed E-state index contributed by atoms with van der Waals surface area (Å²) < 4.78 is 14.1. The van der Waals surface area contributed by atoms with Gasteiger partial charge in [0, 0.05) is 10.5 Å². The highest BCUT2D eigenvalue weighted by Crippen LogP contribution is 2.31. The van der Waals surface area contributed by atoms with Crippen LogP contribution in [0.25, 0.3) is 16.6 Å². The number of anilines is 1. The van der Waals surface area contributed by atoms with Crippen LogP contribution in [0.1, 0.15) is 23.5 Å². The zero-order valence-electron chi connectivity index (χ0n) is 16.7. The average molecular weight is 520 g/mol. The van der Waals surface area contributed by atoms with E-state index in [0.717, 1.165) is 15.8 Å². The number of aromatic nitrogens is 2. The van der Waals surface area contributed by atoms with Crippen LogP contribution < -0.4 is 20.3 Å². The van der Waals surface area contributed by atoms with Crippen molar-refractivity contribution in [1.29, 1.82) is 0 Å². The van der Waals surface area contributed by atoms with Gasteiger partial charge in [-0.05, 0) is 56.4 Å². The van der Waals surface area contributed by atoms with Crippen molar-refractivity contribution in [1.82, 2.24) is 9.38 Å². The van der Waals surface area contributed by atoms with Crippen LogP contribution in [0.3, 0.4) is 0 Å². The van der Waals surface area contributed by atoms with E-state index < -0.39 is 5.91 Å². The van der Waals surface area contributed by atoms with Crippen molar-refractivity contribution >= 4 is 67.6 Å². The van der Waals surface area contributed by atoms with Gasteiger partial charge in [-0.1, -0.05) is 27.3 Å². The summed E-state index contributed by atoms with van der Waals surface area (Å²) in [5.41, 5.74) is 1.16. The predicted octanol–water partition coefficient (Wildman–Crippen LogP) is 5.38. The van der Waals surface area contributed by atoms with Crippen molar-refractivity contribution in [3.8, 4) is 11.5 Å². The van der Waals surface area contributed by atoms with Crippen LogP contribution in [-0.4, -0.2) is 28.5 Å². The highest BCUT2D eigenvalue weighted by Gasteiger charge is 2.20. The smallest absolute Gasteiger partial charge is 0.269 e. The number of carbonyl (C=O) groups excluding carboxylic acids is 1. The van der Waals surface area contributed by atoms with Crippen LogP contribution in [0.5, 0.6) is 11.5 Å². The lowest BCUT2D eigenvalue weighted by Gasteiger charge is -2.13. The van der Waals surface area contributed by atoms with Gasteiger partial charge in [-0.15, -0.1) is 0 Å². The van der Waals surface area contributed by atoms with E-state index in [2.05, 4.69) is 26.2 Å². The highest BCUT2D eigenvalue weighted by molar-refractivity contribution is 9.10. The number of halogens is 1. The lowest BCUT2D eigenvalue weighted by atomic mass is 10.2. The number of hydrogen-bond acceptors (Lipinski definition) is 6. The third-order valence-corrected chi connectivity index (χ3v) is 6.37. The Labute approximate surface area is 194 Å². The fourth-order valence-corrected chi connectivity index (χ4v) is 4.88. The van der Waals surface area contributed by atoms with E-state index in [1.165, 1.54) is 0 Å². The summed E-state index contributed by atoms with van der Waals surface area (Å²) in [6.07, 6.45) is 0. The van der Waals surface area contributed by atoms with Crippen LogP contribution in [0, 0.1) is 3.95 Å². The molecule has 1 amide bonds. The Morgan fingerprint density at radius 1 is 1.19 bits per heavy atom. The number of benzene rings is 2. The van der Waals surface area contributed by atoms with Crippen LogP contribution in [0.15, 0.2) is 45.7 Å². The molecule has 160 valence electrons. The summed E-state index contributed by atoms with van der Waals surface area (Å²) in [6, 6.07) is 10.6. The summed E-state index contributed by atoms with van der Waals surface area (Å²) in [7, 11) is 0. The first-order valence-electron chi connectivity index (χ1n) is 9.51. The monoisotopic (exact) mass is 519 g/mol. The molecule has 0 atom stereocenters. The van der Waals surface area contributed by atoms with Crippen molar-refractivity contribution in [2.45, 2.75) is 13.8 Å². The van der Waals surface area contributed by atoms with Crippen molar-refractivity contribution in [3.05, 3.63) is 60.1 Å². The van der Waals surface area contributed by atoms with E-state index in [9.17, 15) is 9.59 Å². The van der Waals surface area contributed by atoms with Gasteiger partial charge in [0.1, 0.15) is 22.0 Å². The number of fused-ring (bicyclic) bond motifs is 3. The van der Waals surface area contributed by atoms with Gasteiger partial charge in [-0.25, -0.2) is 0 Å². The second-order valence-electron chi connectivity index (χ2n) is 6.47. The average Bonchev–Trinajstić information content (AvgIpc) is 3.07. The Kier molecular flexibility index (Phi) is 6.12. The normalized spacial score (nSPS) is 11.1. The van der Waals surface area contributed by atoms with Crippen molar-refractivity contribution < 1.29 is 14.3 Å². The maximum Gasteiger partial charge on any atom is 0.269 e. The molecule has 2 heterocycles. The molecule has 0 saturated carbocycles. The Hall–Kier alpha value is -2.69. The number of carbonyl (C=O) groups is 1. The maximum atomic E-state index is 13.2. The number of ether oxygens (including phenoxy) is 2. The number of nitrogens with one attached hydrogen (secondary N) is 2. The fourth-order valence-electron chi connectivity index (χ4n) is 3.24. The molecular formula is C21H18BrN3O4S2. The molecule has 2 aromatic heterocycles. The Morgan fingerprint density at radius 2 is 1.97 bits per heavy atom. The summed E-state index contributed by atoms with van der Waals surface area (Å²) in [4.78, 5) is 28.9. The van der Waals surface area contributed by atoms with Gasteiger partial charge in [0.25, 0.3) is 11.5 Å². The Balaban J connectivity index is 1.81. The first-order valence-corrected chi connectivity index (χ1v) is 11.5. The molecule has 0 spiro atoms. The van der Waals surface area contributed by atoms with Gasteiger partial charge < -0.3 is 19.8 Å². The number of aromatic amines is 1. The zero-order valence-corrected chi connectivity index (χ0v) is 19.9. The Bertz CT molecular complexity index is 1420. The molecule has 0 aliphatic heterocycles. The van der Waals surface area contributed by atoms with Gasteiger partial charge in [0.2, 0.25) is 0 Å². The topological polar surface area (TPSA) is 84.8 Å². The molecule has 4 aromatic rings. The van der Waals surface area contributed by atoms with E-state index in [1.54, 1.807) is 34.7 Å². The molecule has 0 aliphatic rings. The van der Waals surface area contributed by atoms with Crippen LogP contribution in [0.4, 0.5) is 5.69 Å². The molecule has 0 bridgehead atoms. The number of rotatable bonds is 6. The third-order valence-electron chi connectivity index (χ3n) is 4.50. The summed E-state index contributed by atoms with van der Waals surface area (Å²) in [6.45, 7) is 4.69. The van der Waals surface area contributed by atoms with Gasteiger partial charge in [-0.3, -0.25) is 14.0 Å². The number of amides is 1. The minimum atomic E-state index is -0.402. The van der Waals surface area contributed by atoms with E-state index in [0.29, 0.717) is 55.8 Å². The summed E-state index contributed by atoms with van der Waals surface area (Å²) >= 11 is 10.0. The molecule has 31 heavy (non-hydrogen) atoms. The SMILES string of the molecule is CCOc1ccc(OCC)c(NC(=O)c2sc(=S)n3c2[nH]c(=O)c2cc(Br)ccc23)c1. The van der Waals surface area contributed by atoms with Crippen LogP contribution in [-0.2, 0) is 0 Å². The standard InChI is InChI=1S/C21H18BrN3O4S2/c1-3-28-12-6-8-16(29-4-2)14(10-12)23-20(27)17-18-24-19(26)13-9-11(22)5-7-15(13)25(18)21(30)31-17/h5-10H,3-4H2,1-2H3,(H,23,27)(H,24,26). The third kappa shape index (κ3) is 4.10. The quantitative estimate of drug-likeness (QED) is 0.334. The van der Waals surface area contributed by atoms with Crippen molar-refractivity contribution in [2.24, 2.45) is 0 Å². The largest absolute Gasteiger partial charge is 0.494 e. The molecule has 0 unspecified atom stereocenters. The fraction of sp³-hybridized carbons (Fsp3) is 0.190. The number of nitrogens with zero attached hydrogens (tertiary/aromatic N) is 1. The maximum absolute atomic E-state index is 13.2. The summed E-state index contributed by atoms with van der Waals surface area (Å²) in [5.74, 6) is 0.733. The first kappa shape index (κ1) is 21.5. The summed E-state index contributed by atoms with van der Waals surface area (Å²) in [5, 5.41) is 3.35. The molecule has 2 aromatic carbocycles. The van der Waals surface area contributed by atoms with Gasteiger partial charge in [-0.2, -0.15) is 0 Å². The molecule has 2 N–H and O–H groups in total. The minimum absolute atomic E-state index is 0.300. The van der Waals surface area contributed by atoms with E-state index in [-0.39, 0.29) is 5.56 Å². The molecule has 10 heteroatoms. The zero-order chi connectivity index (χ0) is 22.1. The predicted molar refractivity (Wildman–Crippen MR) is 129 cm³/mol. The molecule has 0 aliphatic carbocycles. The first-order chi connectivity index (χ1) is 14.9. The molecule has 0 fully saturated rings.